The molecule has 0 spiro atoms. The number of piperidine rings is 1. The lowest BCUT2D eigenvalue weighted by molar-refractivity contribution is 0.0963. The lowest BCUT2D eigenvalue weighted by Gasteiger charge is -2.32. The summed E-state index contributed by atoms with van der Waals surface area (Å²) in [7, 11) is 5.00. The zero-order chi connectivity index (χ0) is 19.6. The zero-order valence-electron chi connectivity index (χ0n) is 16.6. The quantitative estimate of drug-likeness (QED) is 0.582. The number of carbonyl (C=O) groups is 1. The van der Waals surface area contributed by atoms with Gasteiger partial charge in [0.05, 0.1) is 20.8 Å². The Morgan fingerprint density at radius 2 is 2.00 bits per heavy atom. The number of benzene rings is 1. The predicted octanol–water partition coefficient (Wildman–Crippen LogP) is 1.99. The molecule has 1 aromatic rings. The van der Waals surface area contributed by atoms with Crippen LogP contribution in [0.2, 0.25) is 0 Å². The van der Waals surface area contributed by atoms with Gasteiger partial charge in [-0.05, 0) is 25.8 Å². The maximum Gasteiger partial charge on any atom is 0.409 e. The Labute approximate surface area is 160 Å². The number of nitrogens with zero attached hydrogens (tertiary/aromatic N) is 2. The van der Waals surface area contributed by atoms with Crippen molar-refractivity contribution in [3.05, 3.63) is 23.8 Å². The van der Waals surface area contributed by atoms with E-state index in [4.69, 9.17) is 14.2 Å². The van der Waals surface area contributed by atoms with Gasteiger partial charge in [0.1, 0.15) is 0 Å². The molecule has 0 bridgehead atoms. The molecule has 0 saturated carbocycles. The third-order valence-electron chi connectivity index (χ3n) is 4.52. The molecule has 1 amide bonds. The van der Waals surface area contributed by atoms with Gasteiger partial charge in [0.25, 0.3) is 0 Å². The van der Waals surface area contributed by atoms with Crippen LogP contribution in [0.15, 0.2) is 23.2 Å². The predicted molar refractivity (Wildman–Crippen MR) is 104 cm³/mol. The van der Waals surface area contributed by atoms with Gasteiger partial charge in [-0.3, -0.25) is 4.99 Å². The summed E-state index contributed by atoms with van der Waals surface area (Å²) < 4.78 is 15.9. The van der Waals surface area contributed by atoms with Crippen LogP contribution in [-0.4, -0.2) is 64.0 Å². The molecule has 2 rings (SSSR count). The van der Waals surface area contributed by atoms with E-state index < -0.39 is 0 Å². The van der Waals surface area contributed by atoms with Crippen LogP contribution >= 0.6 is 0 Å². The van der Waals surface area contributed by atoms with Crippen molar-refractivity contribution in [1.82, 2.24) is 15.5 Å². The summed E-state index contributed by atoms with van der Waals surface area (Å²) in [4.78, 5) is 17.8. The molecular weight excluding hydrogens is 348 g/mol. The van der Waals surface area contributed by atoms with Crippen LogP contribution in [0.25, 0.3) is 0 Å². The van der Waals surface area contributed by atoms with Gasteiger partial charge >= 0.3 is 6.09 Å². The van der Waals surface area contributed by atoms with Crippen LogP contribution in [0.3, 0.4) is 0 Å². The molecule has 0 aromatic heterocycles. The van der Waals surface area contributed by atoms with Crippen LogP contribution < -0.4 is 20.1 Å². The van der Waals surface area contributed by atoms with Crippen molar-refractivity contribution >= 4 is 12.1 Å². The van der Waals surface area contributed by atoms with Gasteiger partial charge in [0, 0.05) is 38.3 Å². The van der Waals surface area contributed by atoms with E-state index in [1.54, 1.807) is 26.2 Å². The van der Waals surface area contributed by atoms with Crippen molar-refractivity contribution in [3.63, 3.8) is 0 Å². The van der Waals surface area contributed by atoms with E-state index in [2.05, 4.69) is 15.6 Å². The molecule has 0 atom stereocenters. The van der Waals surface area contributed by atoms with Gasteiger partial charge in [-0.1, -0.05) is 12.1 Å². The third kappa shape index (κ3) is 5.67. The number of methoxy groups -OCH3 is 2. The minimum atomic E-state index is -0.233. The van der Waals surface area contributed by atoms with E-state index in [0.717, 1.165) is 24.4 Å². The first-order valence-electron chi connectivity index (χ1n) is 9.21. The van der Waals surface area contributed by atoms with Crippen molar-refractivity contribution in [2.75, 3.05) is 41.0 Å². The minimum absolute atomic E-state index is 0.233. The van der Waals surface area contributed by atoms with E-state index in [1.807, 2.05) is 25.1 Å². The Bertz CT molecular complexity index is 643. The highest BCUT2D eigenvalue weighted by Gasteiger charge is 2.24. The molecule has 0 radical (unpaired) electrons. The average Bonchev–Trinajstić information content (AvgIpc) is 2.71. The molecule has 1 fully saturated rings. The summed E-state index contributed by atoms with van der Waals surface area (Å²) in [5.41, 5.74) is 0.983. The number of likely N-dealkylation sites (tertiary alicyclic amines) is 1. The number of rotatable bonds is 6. The highest BCUT2D eigenvalue weighted by molar-refractivity contribution is 5.80. The number of para-hydroxylation sites is 1. The van der Waals surface area contributed by atoms with E-state index in [0.29, 0.717) is 37.7 Å². The van der Waals surface area contributed by atoms with Gasteiger partial charge in [-0.2, -0.15) is 0 Å². The monoisotopic (exact) mass is 378 g/mol. The SMILES string of the molecule is CCOC(=O)N1CCC(NC(=NC)NCc2cccc(OC)c2OC)CC1. The average molecular weight is 378 g/mol. The molecule has 0 unspecified atom stereocenters. The van der Waals surface area contributed by atoms with Crippen LogP contribution in [0.5, 0.6) is 11.5 Å². The fraction of sp³-hybridized carbons (Fsp3) is 0.579. The van der Waals surface area contributed by atoms with E-state index in [1.165, 1.54) is 0 Å². The normalized spacial score (nSPS) is 15.3. The fourth-order valence-electron chi connectivity index (χ4n) is 3.08. The number of hydrogen-bond donors (Lipinski definition) is 2. The van der Waals surface area contributed by atoms with Gasteiger partial charge in [0.15, 0.2) is 17.5 Å². The van der Waals surface area contributed by atoms with Gasteiger partial charge in [0.2, 0.25) is 0 Å². The Morgan fingerprint density at radius 3 is 2.59 bits per heavy atom. The van der Waals surface area contributed by atoms with Crippen molar-refractivity contribution in [2.45, 2.75) is 32.4 Å². The number of nitrogens with one attached hydrogen (secondary N) is 2. The Hall–Kier alpha value is -2.64. The number of guanidine groups is 1. The number of carbonyl (C=O) groups excluding carboxylic acids is 1. The third-order valence-corrected chi connectivity index (χ3v) is 4.52. The number of amides is 1. The summed E-state index contributed by atoms with van der Waals surface area (Å²) in [6.45, 7) is 4.14. The van der Waals surface area contributed by atoms with E-state index in [9.17, 15) is 4.79 Å². The zero-order valence-corrected chi connectivity index (χ0v) is 16.6. The molecule has 2 N–H and O–H groups in total. The highest BCUT2D eigenvalue weighted by atomic mass is 16.6. The standard InChI is InChI=1S/C19H30N4O4/c1-5-27-19(24)23-11-9-15(10-12-23)22-18(20-2)21-13-14-7-6-8-16(25-3)17(14)26-4/h6-8,15H,5,9-13H2,1-4H3,(H2,20,21,22). The second kappa shape index (κ2) is 10.5. The van der Waals surface area contributed by atoms with Crippen molar-refractivity contribution in [2.24, 2.45) is 4.99 Å². The maximum atomic E-state index is 11.8. The molecular formula is C19H30N4O4. The molecule has 1 heterocycles. The first kappa shape index (κ1) is 20.7. The fourth-order valence-corrected chi connectivity index (χ4v) is 3.08. The molecule has 8 nitrogen and oxygen atoms in total. The number of ether oxygens (including phenoxy) is 3. The lowest BCUT2D eigenvalue weighted by atomic mass is 10.1. The van der Waals surface area contributed by atoms with Gasteiger partial charge in [-0.15, -0.1) is 0 Å². The molecule has 150 valence electrons. The second-order valence-corrected chi connectivity index (χ2v) is 6.18. The second-order valence-electron chi connectivity index (χ2n) is 6.18. The van der Waals surface area contributed by atoms with Crippen LogP contribution in [-0.2, 0) is 11.3 Å². The first-order valence-corrected chi connectivity index (χ1v) is 9.21. The Kier molecular flexibility index (Phi) is 8.03. The lowest BCUT2D eigenvalue weighted by Crippen LogP contribution is -2.49. The Morgan fingerprint density at radius 1 is 1.26 bits per heavy atom. The molecule has 27 heavy (non-hydrogen) atoms. The summed E-state index contributed by atoms with van der Waals surface area (Å²) in [5.74, 6) is 2.13. The first-order chi connectivity index (χ1) is 13.1. The summed E-state index contributed by atoms with van der Waals surface area (Å²) >= 11 is 0. The van der Waals surface area contributed by atoms with Crippen molar-refractivity contribution < 1.29 is 19.0 Å². The topological polar surface area (TPSA) is 84.4 Å². The minimum Gasteiger partial charge on any atom is -0.493 e. The molecule has 0 aliphatic carbocycles. The van der Waals surface area contributed by atoms with Gasteiger partial charge < -0.3 is 29.7 Å². The van der Waals surface area contributed by atoms with Crippen LogP contribution in [0, 0.1) is 0 Å². The molecule has 1 aromatic carbocycles. The van der Waals surface area contributed by atoms with Crippen LogP contribution in [0.1, 0.15) is 25.3 Å². The van der Waals surface area contributed by atoms with E-state index >= 15 is 0 Å². The maximum absolute atomic E-state index is 11.8. The van der Waals surface area contributed by atoms with Gasteiger partial charge in [-0.25, -0.2) is 4.79 Å². The van der Waals surface area contributed by atoms with E-state index in [-0.39, 0.29) is 12.1 Å². The Balaban J connectivity index is 1.86. The molecule has 8 heteroatoms. The molecule has 1 aliphatic rings. The van der Waals surface area contributed by atoms with Crippen LogP contribution in [0.4, 0.5) is 4.79 Å². The summed E-state index contributed by atoms with van der Waals surface area (Å²) in [6, 6.07) is 6.04. The van der Waals surface area contributed by atoms with Crippen molar-refractivity contribution in [3.8, 4) is 11.5 Å². The van der Waals surface area contributed by atoms with Crippen molar-refractivity contribution in [1.29, 1.82) is 0 Å². The summed E-state index contributed by atoms with van der Waals surface area (Å²) in [5, 5.41) is 6.73. The summed E-state index contributed by atoms with van der Waals surface area (Å²) in [6.07, 6.45) is 1.47. The highest BCUT2D eigenvalue weighted by Crippen LogP contribution is 2.30. The largest absolute Gasteiger partial charge is 0.493 e. The number of hydrogen-bond acceptors (Lipinski definition) is 5. The molecule has 1 aliphatic heterocycles. The molecule has 1 saturated heterocycles. The smallest absolute Gasteiger partial charge is 0.409 e. The number of aliphatic imine (C=N–C) groups is 1.